The Kier molecular flexibility index (Phi) is 6.06. The van der Waals surface area contributed by atoms with Gasteiger partial charge >= 0.3 is 0 Å². The predicted molar refractivity (Wildman–Crippen MR) is 85.2 cm³/mol. The van der Waals surface area contributed by atoms with Gasteiger partial charge in [0.05, 0.1) is 6.42 Å². The quantitative estimate of drug-likeness (QED) is 0.753. The molecule has 1 aromatic rings. The molecule has 2 N–H and O–H groups in total. The number of hydrogen-bond donors (Lipinski definition) is 2. The Bertz CT molecular complexity index is 419. The highest BCUT2D eigenvalue weighted by molar-refractivity contribution is 14.1. The number of carbonyl (C=O) groups excluding carboxylic acids is 1. The van der Waals surface area contributed by atoms with Crippen LogP contribution in [0.3, 0.4) is 0 Å². The molecule has 0 saturated carbocycles. The van der Waals surface area contributed by atoms with E-state index in [0.29, 0.717) is 6.42 Å². The van der Waals surface area contributed by atoms with Gasteiger partial charge in [-0.05, 0) is 40.3 Å². The number of halogens is 1. The fourth-order valence-corrected chi connectivity index (χ4v) is 2.79. The van der Waals surface area contributed by atoms with Gasteiger partial charge in [-0.25, -0.2) is 0 Å². The van der Waals surface area contributed by atoms with Gasteiger partial charge in [0.1, 0.15) is 0 Å². The second kappa shape index (κ2) is 7.81. The van der Waals surface area contributed by atoms with Crippen molar-refractivity contribution in [3.8, 4) is 0 Å². The lowest BCUT2D eigenvalue weighted by atomic mass is 10.1. The zero-order valence-electron chi connectivity index (χ0n) is 11.0. The second-order valence-electron chi connectivity index (χ2n) is 4.75. The summed E-state index contributed by atoms with van der Waals surface area (Å²) in [4.78, 5) is 14.2. The van der Waals surface area contributed by atoms with Crippen molar-refractivity contribution in [1.82, 2.24) is 15.5 Å². The van der Waals surface area contributed by atoms with Crippen LogP contribution in [0.4, 0.5) is 0 Å². The smallest absolute Gasteiger partial charge is 0.224 e. The summed E-state index contributed by atoms with van der Waals surface area (Å²) in [6.07, 6.45) is 0.471. The molecule has 1 saturated heterocycles. The van der Waals surface area contributed by atoms with Crippen molar-refractivity contribution in [2.45, 2.75) is 6.42 Å². The molecule has 1 aliphatic rings. The summed E-state index contributed by atoms with van der Waals surface area (Å²) in [7, 11) is 0. The topological polar surface area (TPSA) is 44.4 Å². The van der Waals surface area contributed by atoms with Crippen molar-refractivity contribution < 1.29 is 4.79 Å². The first-order valence-corrected chi connectivity index (χ1v) is 7.76. The summed E-state index contributed by atoms with van der Waals surface area (Å²) in [5.74, 6) is 0.108. The molecule has 0 aromatic heterocycles. The summed E-state index contributed by atoms with van der Waals surface area (Å²) >= 11 is 2.27. The number of hydrogen-bond acceptors (Lipinski definition) is 3. The van der Waals surface area contributed by atoms with E-state index in [1.807, 2.05) is 18.2 Å². The lowest BCUT2D eigenvalue weighted by Gasteiger charge is -2.27. The molecule has 5 heteroatoms. The van der Waals surface area contributed by atoms with Crippen LogP contribution in [-0.4, -0.2) is 50.1 Å². The Balaban J connectivity index is 1.67. The fourth-order valence-electron chi connectivity index (χ4n) is 2.18. The molecule has 0 radical (unpaired) electrons. The van der Waals surface area contributed by atoms with Crippen LogP contribution in [-0.2, 0) is 11.2 Å². The maximum absolute atomic E-state index is 11.8. The van der Waals surface area contributed by atoms with Crippen molar-refractivity contribution in [2.75, 3.05) is 39.3 Å². The van der Waals surface area contributed by atoms with Crippen molar-refractivity contribution in [1.29, 1.82) is 0 Å². The third-order valence-corrected chi connectivity index (χ3v) is 3.88. The van der Waals surface area contributed by atoms with E-state index in [-0.39, 0.29) is 5.91 Å². The first-order valence-electron chi connectivity index (χ1n) is 6.68. The zero-order chi connectivity index (χ0) is 13.5. The molecule has 0 aliphatic carbocycles. The van der Waals surface area contributed by atoms with Crippen LogP contribution in [0.2, 0.25) is 0 Å². The van der Waals surface area contributed by atoms with Gasteiger partial charge in [0.25, 0.3) is 0 Å². The Morgan fingerprint density at radius 1 is 1.37 bits per heavy atom. The van der Waals surface area contributed by atoms with E-state index in [1.165, 1.54) is 3.57 Å². The molecule has 1 aromatic carbocycles. The monoisotopic (exact) mass is 373 g/mol. The first-order chi connectivity index (χ1) is 9.24. The number of amides is 1. The number of carbonyl (C=O) groups is 1. The Hall–Kier alpha value is -0.660. The first kappa shape index (κ1) is 14.7. The summed E-state index contributed by atoms with van der Waals surface area (Å²) < 4.78 is 1.17. The SMILES string of the molecule is O=C(Cc1cccc(I)c1)NCCN1CCNCC1. The maximum Gasteiger partial charge on any atom is 0.224 e. The Morgan fingerprint density at radius 3 is 2.89 bits per heavy atom. The normalized spacial score (nSPS) is 16.3. The van der Waals surface area contributed by atoms with E-state index in [2.05, 4.69) is 44.2 Å². The average molecular weight is 373 g/mol. The molecular weight excluding hydrogens is 353 g/mol. The minimum Gasteiger partial charge on any atom is -0.355 e. The van der Waals surface area contributed by atoms with Gasteiger partial charge in [0.15, 0.2) is 0 Å². The van der Waals surface area contributed by atoms with E-state index < -0.39 is 0 Å². The molecule has 0 atom stereocenters. The average Bonchev–Trinajstić information content (AvgIpc) is 2.40. The third-order valence-electron chi connectivity index (χ3n) is 3.21. The van der Waals surface area contributed by atoms with Gasteiger partial charge in [0, 0.05) is 42.8 Å². The predicted octanol–water partition coefficient (Wildman–Crippen LogP) is 0.855. The summed E-state index contributed by atoms with van der Waals surface area (Å²) in [5, 5.41) is 6.32. The highest BCUT2D eigenvalue weighted by Gasteiger charge is 2.09. The van der Waals surface area contributed by atoms with Crippen LogP contribution in [0.1, 0.15) is 5.56 Å². The molecule has 4 nitrogen and oxygen atoms in total. The summed E-state index contributed by atoms with van der Waals surface area (Å²) in [5.41, 5.74) is 1.08. The summed E-state index contributed by atoms with van der Waals surface area (Å²) in [6, 6.07) is 8.08. The minimum atomic E-state index is 0.108. The van der Waals surface area contributed by atoms with E-state index in [4.69, 9.17) is 0 Å². The lowest BCUT2D eigenvalue weighted by Crippen LogP contribution is -2.46. The highest BCUT2D eigenvalue weighted by atomic mass is 127. The number of benzene rings is 1. The van der Waals surface area contributed by atoms with Crippen LogP contribution in [0, 0.1) is 3.57 Å². The minimum absolute atomic E-state index is 0.108. The fraction of sp³-hybridized carbons (Fsp3) is 0.500. The molecule has 0 bridgehead atoms. The standard InChI is InChI=1S/C14H20IN3O/c15-13-3-1-2-12(10-13)11-14(19)17-6-9-18-7-4-16-5-8-18/h1-3,10,16H,4-9,11H2,(H,17,19). The zero-order valence-corrected chi connectivity index (χ0v) is 13.2. The van der Waals surface area contributed by atoms with Crippen LogP contribution in [0.15, 0.2) is 24.3 Å². The Morgan fingerprint density at radius 2 is 2.16 bits per heavy atom. The van der Waals surface area contributed by atoms with Gasteiger partial charge in [-0.2, -0.15) is 0 Å². The van der Waals surface area contributed by atoms with Crippen molar-refractivity contribution >= 4 is 28.5 Å². The Labute approximate surface area is 128 Å². The molecule has 1 amide bonds. The van der Waals surface area contributed by atoms with Gasteiger partial charge in [-0.15, -0.1) is 0 Å². The molecular formula is C14H20IN3O. The van der Waals surface area contributed by atoms with E-state index in [0.717, 1.165) is 44.8 Å². The van der Waals surface area contributed by atoms with Crippen molar-refractivity contribution in [3.63, 3.8) is 0 Å². The molecule has 1 fully saturated rings. The van der Waals surface area contributed by atoms with Crippen molar-refractivity contribution in [3.05, 3.63) is 33.4 Å². The maximum atomic E-state index is 11.8. The van der Waals surface area contributed by atoms with Crippen LogP contribution in [0.5, 0.6) is 0 Å². The molecule has 1 heterocycles. The number of piperazine rings is 1. The number of rotatable bonds is 5. The molecule has 104 valence electrons. The van der Waals surface area contributed by atoms with Crippen LogP contribution in [0.25, 0.3) is 0 Å². The van der Waals surface area contributed by atoms with E-state index in [9.17, 15) is 4.79 Å². The molecule has 1 aliphatic heterocycles. The van der Waals surface area contributed by atoms with Gasteiger partial charge in [0.2, 0.25) is 5.91 Å². The van der Waals surface area contributed by atoms with Crippen molar-refractivity contribution in [2.24, 2.45) is 0 Å². The summed E-state index contributed by atoms with van der Waals surface area (Å²) in [6.45, 7) is 5.94. The number of nitrogens with zero attached hydrogens (tertiary/aromatic N) is 1. The van der Waals surface area contributed by atoms with E-state index in [1.54, 1.807) is 0 Å². The van der Waals surface area contributed by atoms with Gasteiger partial charge in [-0.1, -0.05) is 12.1 Å². The molecule has 2 rings (SSSR count). The van der Waals surface area contributed by atoms with Crippen LogP contribution < -0.4 is 10.6 Å². The third kappa shape index (κ3) is 5.46. The molecule has 0 unspecified atom stereocenters. The van der Waals surface area contributed by atoms with Gasteiger partial charge in [-0.3, -0.25) is 9.69 Å². The van der Waals surface area contributed by atoms with Gasteiger partial charge < -0.3 is 10.6 Å². The second-order valence-corrected chi connectivity index (χ2v) is 5.99. The molecule has 0 spiro atoms. The number of nitrogens with one attached hydrogen (secondary N) is 2. The largest absolute Gasteiger partial charge is 0.355 e. The lowest BCUT2D eigenvalue weighted by molar-refractivity contribution is -0.120. The van der Waals surface area contributed by atoms with E-state index >= 15 is 0 Å². The molecule has 19 heavy (non-hydrogen) atoms. The van der Waals surface area contributed by atoms with Crippen LogP contribution >= 0.6 is 22.6 Å². The highest BCUT2D eigenvalue weighted by Crippen LogP contribution is 2.08.